The lowest BCUT2D eigenvalue weighted by Crippen LogP contribution is -2.16. The van der Waals surface area contributed by atoms with Gasteiger partial charge in [0.15, 0.2) is 0 Å². The Morgan fingerprint density at radius 2 is 1.64 bits per heavy atom. The van der Waals surface area contributed by atoms with Crippen LogP contribution in [-0.4, -0.2) is 27.3 Å². The monoisotopic (exact) mass is 374 g/mol. The van der Waals surface area contributed by atoms with Crippen molar-refractivity contribution in [3.05, 3.63) is 89.2 Å². The average Bonchev–Trinajstić information content (AvgIpc) is 3.30. The summed E-state index contributed by atoms with van der Waals surface area (Å²) in [4.78, 5) is 37.0. The van der Waals surface area contributed by atoms with E-state index in [0.717, 1.165) is 0 Å². The average molecular weight is 374 g/mol. The Hall–Kier alpha value is -3.67. The zero-order chi connectivity index (χ0) is 19.7. The maximum atomic E-state index is 13.2. The Bertz CT molecular complexity index is 1070. The van der Waals surface area contributed by atoms with Gasteiger partial charge < -0.3 is 15.0 Å². The quantitative estimate of drug-likeness (QED) is 0.669. The summed E-state index contributed by atoms with van der Waals surface area (Å²) < 4.78 is 1.76. The van der Waals surface area contributed by atoms with Crippen molar-refractivity contribution in [1.82, 2.24) is 4.57 Å². The van der Waals surface area contributed by atoms with Crippen molar-refractivity contribution >= 4 is 23.3 Å². The first-order valence-corrected chi connectivity index (χ1v) is 8.98. The number of para-hydroxylation sites is 1. The van der Waals surface area contributed by atoms with Gasteiger partial charge in [0.25, 0.3) is 5.91 Å². The molecule has 6 heteroatoms. The number of amides is 1. The van der Waals surface area contributed by atoms with E-state index in [1.54, 1.807) is 65.2 Å². The Kier molecular flexibility index (Phi) is 4.53. The van der Waals surface area contributed by atoms with Gasteiger partial charge in [-0.2, -0.15) is 0 Å². The second-order valence-corrected chi connectivity index (χ2v) is 6.67. The fourth-order valence-corrected chi connectivity index (χ4v) is 3.60. The SMILES string of the molecule is O=C(Nc1ccccc1C(=O)c1ccc2n1CCC2C(=O)O)c1ccccc1. The van der Waals surface area contributed by atoms with Gasteiger partial charge in [0.05, 0.1) is 17.3 Å². The topological polar surface area (TPSA) is 88.4 Å². The number of rotatable bonds is 5. The van der Waals surface area contributed by atoms with E-state index in [0.29, 0.717) is 41.2 Å². The molecule has 0 saturated carbocycles. The Morgan fingerprint density at radius 3 is 2.39 bits per heavy atom. The molecule has 0 saturated heterocycles. The lowest BCUT2D eigenvalue weighted by Gasteiger charge is -2.11. The number of nitrogens with zero attached hydrogens (tertiary/aromatic N) is 1. The van der Waals surface area contributed by atoms with Crippen LogP contribution >= 0.6 is 0 Å². The van der Waals surface area contributed by atoms with E-state index in [1.807, 2.05) is 6.07 Å². The number of hydrogen-bond acceptors (Lipinski definition) is 3. The summed E-state index contributed by atoms with van der Waals surface area (Å²) in [6.45, 7) is 0.485. The highest BCUT2D eigenvalue weighted by Crippen LogP contribution is 2.32. The number of aromatic nitrogens is 1. The molecule has 0 aliphatic carbocycles. The summed E-state index contributed by atoms with van der Waals surface area (Å²) in [7, 11) is 0. The number of anilines is 1. The molecule has 2 N–H and O–H groups in total. The van der Waals surface area contributed by atoms with Gasteiger partial charge in [-0.3, -0.25) is 14.4 Å². The maximum absolute atomic E-state index is 13.2. The fraction of sp³-hybridized carbons (Fsp3) is 0.136. The van der Waals surface area contributed by atoms with Crippen LogP contribution in [0.1, 0.15) is 44.4 Å². The number of carboxylic acids is 1. The Morgan fingerprint density at radius 1 is 0.929 bits per heavy atom. The van der Waals surface area contributed by atoms with Gasteiger partial charge in [-0.25, -0.2) is 0 Å². The molecular weight excluding hydrogens is 356 g/mol. The lowest BCUT2D eigenvalue weighted by atomic mass is 10.0. The van der Waals surface area contributed by atoms with E-state index >= 15 is 0 Å². The summed E-state index contributed by atoms with van der Waals surface area (Å²) in [5.74, 6) is -2.02. The molecule has 0 bridgehead atoms. The normalized spacial score (nSPS) is 15.1. The summed E-state index contributed by atoms with van der Waals surface area (Å²) >= 11 is 0. The molecule has 0 radical (unpaired) electrons. The molecule has 1 aromatic heterocycles. The number of carbonyl (C=O) groups excluding carboxylic acids is 2. The molecule has 4 rings (SSSR count). The van der Waals surface area contributed by atoms with E-state index in [-0.39, 0.29) is 11.7 Å². The Balaban J connectivity index is 1.64. The minimum absolute atomic E-state index is 0.249. The second kappa shape index (κ2) is 7.15. The molecule has 1 aliphatic heterocycles. The van der Waals surface area contributed by atoms with Gasteiger partial charge >= 0.3 is 5.97 Å². The van der Waals surface area contributed by atoms with Crippen LogP contribution in [0.25, 0.3) is 0 Å². The minimum Gasteiger partial charge on any atom is -0.481 e. The zero-order valence-corrected chi connectivity index (χ0v) is 15.0. The van der Waals surface area contributed by atoms with E-state index in [1.165, 1.54) is 0 Å². The summed E-state index contributed by atoms with van der Waals surface area (Å²) in [5, 5.41) is 12.1. The molecule has 6 nitrogen and oxygen atoms in total. The van der Waals surface area contributed by atoms with E-state index in [2.05, 4.69) is 5.32 Å². The highest BCUT2D eigenvalue weighted by Gasteiger charge is 2.32. The molecule has 140 valence electrons. The van der Waals surface area contributed by atoms with Crippen LogP contribution in [0.2, 0.25) is 0 Å². The number of carboxylic acid groups (broad SMARTS) is 1. The number of fused-ring (bicyclic) bond motifs is 1. The highest BCUT2D eigenvalue weighted by molar-refractivity contribution is 6.14. The first-order chi connectivity index (χ1) is 13.6. The van der Waals surface area contributed by atoms with Crippen molar-refractivity contribution in [3.63, 3.8) is 0 Å². The van der Waals surface area contributed by atoms with E-state index in [4.69, 9.17) is 0 Å². The van der Waals surface area contributed by atoms with Gasteiger partial charge in [0.2, 0.25) is 5.78 Å². The van der Waals surface area contributed by atoms with Gasteiger partial charge in [0.1, 0.15) is 0 Å². The summed E-state index contributed by atoms with van der Waals surface area (Å²) in [5.41, 5.74) is 2.36. The molecule has 1 aliphatic rings. The molecule has 0 fully saturated rings. The highest BCUT2D eigenvalue weighted by atomic mass is 16.4. The number of ketones is 1. The van der Waals surface area contributed by atoms with Crippen LogP contribution in [0.15, 0.2) is 66.7 Å². The maximum Gasteiger partial charge on any atom is 0.312 e. The van der Waals surface area contributed by atoms with E-state index < -0.39 is 11.9 Å². The zero-order valence-electron chi connectivity index (χ0n) is 15.0. The van der Waals surface area contributed by atoms with Crippen molar-refractivity contribution in [2.45, 2.75) is 18.9 Å². The van der Waals surface area contributed by atoms with Crippen LogP contribution in [0.3, 0.4) is 0 Å². The first kappa shape index (κ1) is 17.7. The largest absolute Gasteiger partial charge is 0.481 e. The third kappa shape index (κ3) is 3.09. The summed E-state index contributed by atoms with van der Waals surface area (Å²) in [6.07, 6.45) is 0.470. The Labute approximate surface area is 161 Å². The number of carbonyl (C=O) groups is 3. The molecule has 2 aromatic carbocycles. The fourth-order valence-electron chi connectivity index (χ4n) is 3.60. The molecular formula is C22H18N2O4. The van der Waals surface area contributed by atoms with Gasteiger partial charge in [-0.1, -0.05) is 30.3 Å². The van der Waals surface area contributed by atoms with E-state index in [9.17, 15) is 19.5 Å². The van der Waals surface area contributed by atoms with Crippen molar-refractivity contribution in [2.24, 2.45) is 0 Å². The van der Waals surface area contributed by atoms with Gasteiger partial charge in [-0.05, 0) is 42.8 Å². The number of hydrogen-bond donors (Lipinski definition) is 2. The van der Waals surface area contributed by atoms with Crippen LogP contribution < -0.4 is 5.32 Å². The molecule has 28 heavy (non-hydrogen) atoms. The van der Waals surface area contributed by atoms with Crippen LogP contribution in [0, 0.1) is 0 Å². The summed E-state index contributed by atoms with van der Waals surface area (Å²) in [6, 6.07) is 19.0. The number of aliphatic carboxylic acids is 1. The van der Waals surface area contributed by atoms with Crippen molar-refractivity contribution < 1.29 is 19.5 Å². The lowest BCUT2D eigenvalue weighted by molar-refractivity contribution is -0.138. The molecule has 1 atom stereocenters. The van der Waals surface area contributed by atoms with Crippen LogP contribution in [0.4, 0.5) is 5.69 Å². The third-order valence-corrected chi connectivity index (χ3v) is 5.00. The molecule has 1 unspecified atom stereocenters. The predicted molar refractivity (Wildman–Crippen MR) is 104 cm³/mol. The molecule has 0 spiro atoms. The second-order valence-electron chi connectivity index (χ2n) is 6.67. The number of benzene rings is 2. The van der Waals surface area contributed by atoms with Gasteiger partial charge in [-0.15, -0.1) is 0 Å². The number of nitrogens with one attached hydrogen (secondary N) is 1. The molecule has 2 heterocycles. The van der Waals surface area contributed by atoms with Crippen LogP contribution in [0.5, 0.6) is 0 Å². The van der Waals surface area contributed by atoms with Crippen molar-refractivity contribution in [3.8, 4) is 0 Å². The van der Waals surface area contributed by atoms with Crippen molar-refractivity contribution in [2.75, 3.05) is 5.32 Å². The minimum atomic E-state index is -0.883. The smallest absolute Gasteiger partial charge is 0.312 e. The standard InChI is InChI=1S/C22H18N2O4/c25-20(19-11-10-18-16(22(27)28)12-13-24(18)19)15-8-4-5-9-17(15)23-21(26)14-6-2-1-3-7-14/h1-11,16H,12-13H2,(H,23,26)(H,27,28). The van der Waals surface area contributed by atoms with Crippen molar-refractivity contribution in [1.29, 1.82) is 0 Å². The third-order valence-electron chi connectivity index (χ3n) is 5.00. The molecule has 1 amide bonds. The van der Waals surface area contributed by atoms with Crippen LogP contribution in [-0.2, 0) is 11.3 Å². The first-order valence-electron chi connectivity index (χ1n) is 8.98. The molecule has 3 aromatic rings. The predicted octanol–water partition coefficient (Wildman–Crippen LogP) is 3.54. The van der Waals surface area contributed by atoms with Gasteiger partial charge in [0, 0.05) is 23.4 Å².